The standard InChI is InChI=1S/C39H69ClO4/c1-3-5-7-9-11-13-15-17-19-21-23-25-27-29-31-33-38(41)43-35-37(40)36-44-39(42)34-32-30-28-26-24-22-20-18-16-14-12-10-8-6-4-2/h11,13,17-20,37H,3-10,12,14-16,21-36H2,1-2H3/b13-11-,19-17-,20-18-/t37-/m0/s1. The van der Waals surface area contributed by atoms with Crippen molar-refractivity contribution >= 4 is 23.5 Å². The van der Waals surface area contributed by atoms with Gasteiger partial charge in [0.2, 0.25) is 0 Å². The van der Waals surface area contributed by atoms with Crippen molar-refractivity contribution in [3.05, 3.63) is 36.5 Å². The molecular weight excluding hydrogens is 568 g/mol. The molecule has 0 bridgehead atoms. The van der Waals surface area contributed by atoms with E-state index in [-0.39, 0.29) is 25.2 Å². The zero-order chi connectivity index (χ0) is 32.2. The molecule has 0 spiro atoms. The fourth-order valence-corrected chi connectivity index (χ4v) is 5.11. The first kappa shape index (κ1) is 42.5. The predicted octanol–water partition coefficient (Wildman–Crippen LogP) is 12.5. The van der Waals surface area contributed by atoms with Gasteiger partial charge in [0.1, 0.15) is 18.6 Å². The van der Waals surface area contributed by atoms with Crippen molar-refractivity contribution in [2.75, 3.05) is 13.2 Å². The third-order valence-electron chi connectivity index (χ3n) is 7.82. The number of unbranched alkanes of at least 4 members (excludes halogenated alkanes) is 19. The van der Waals surface area contributed by atoms with Crippen LogP contribution in [-0.4, -0.2) is 30.5 Å². The SMILES string of the molecule is CCCCC/C=C\C/C=C\CCCCCCCC(=O)OC[C@H](Cl)COC(=O)CCCCCCC/C=C\CCCCCCCC. The van der Waals surface area contributed by atoms with Gasteiger partial charge in [-0.15, -0.1) is 11.6 Å². The van der Waals surface area contributed by atoms with E-state index in [2.05, 4.69) is 50.3 Å². The smallest absolute Gasteiger partial charge is 0.305 e. The first-order valence-electron chi connectivity index (χ1n) is 18.5. The number of carbonyl (C=O) groups excluding carboxylic acids is 2. The van der Waals surface area contributed by atoms with Crippen molar-refractivity contribution < 1.29 is 19.1 Å². The minimum Gasteiger partial charge on any atom is -0.464 e. The van der Waals surface area contributed by atoms with Crippen LogP contribution in [0.25, 0.3) is 0 Å². The molecular formula is C39H69ClO4. The molecule has 0 unspecified atom stereocenters. The van der Waals surface area contributed by atoms with E-state index in [1.165, 1.54) is 96.3 Å². The van der Waals surface area contributed by atoms with Gasteiger partial charge in [-0.25, -0.2) is 0 Å². The minimum absolute atomic E-state index is 0.0847. The number of esters is 2. The van der Waals surface area contributed by atoms with Crippen LogP contribution in [0.4, 0.5) is 0 Å². The van der Waals surface area contributed by atoms with Gasteiger partial charge in [0.25, 0.3) is 0 Å². The summed E-state index contributed by atoms with van der Waals surface area (Å²) in [5.74, 6) is -0.439. The second-order valence-corrected chi connectivity index (χ2v) is 12.9. The normalized spacial score (nSPS) is 12.5. The van der Waals surface area contributed by atoms with Gasteiger partial charge < -0.3 is 9.47 Å². The van der Waals surface area contributed by atoms with Gasteiger partial charge in [-0.1, -0.05) is 134 Å². The summed E-state index contributed by atoms with van der Waals surface area (Å²) < 4.78 is 10.5. The molecule has 256 valence electrons. The van der Waals surface area contributed by atoms with Crippen LogP contribution in [-0.2, 0) is 19.1 Å². The molecule has 0 radical (unpaired) electrons. The Hall–Kier alpha value is -1.55. The number of hydrogen-bond donors (Lipinski definition) is 0. The molecule has 0 fully saturated rings. The highest BCUT2D eigenvalue weighted by molar-refractivity contribution is 6.21. The Kier molecular flexibility index (Phi) is 34.7. The number of carbonyl (C=O) groups is 2. The third kappa shape index (κ3) is 34.9. The molecule has 0 aliphatic carbocycles. The summed E-state index contributed by atoms with van der Waals surface area (Å²) in [5.41, 5.74) is 0. The van der Waals surface area contributed by atoms with Crippen molar-refractivity contribution in [2.24, 2.45) is 0 Å². The van der Waals surface area contributed by atoms with E-state index in [0.717, 1.165) is 57.8 Å². The average Bonchev–Trinajstić information content (AvgIpc) is 3.02. The topological polar surface area (TPSA) is 52.6 Å². The predicted molar refractivity (Wildman–Crippen MR) is 190 cm³/mol. The van der Waals surface area contributed by atoms with Crippen molar-refractivity contribution in [1.82, 2.24) is 0 Å². The minimum atomic E-state index is -0.499. The maximum Gasteiger partial charge on any atom is 0.305 e. The Labute approximate surface area is 277 Å². The van der Waals surface area contributed by atoms with Crippen LogP contribution in [0.5, 0.6) is 0 Å². The molecule has 5 heteroatoms. The van der Waals surface area contributed by atoms with E-state index < -0.39 is 5.38 Å². The van der Waals surface area contributed by atoms with Gasteiger partial charge in [-0.2, -0.15) is 0 Å². The molecule has 0 aromatic carbocycles. The molecule has 0 aliphatic rings. The number of halogens is 1. The molecule has 0 amide bonds. The highest BCUT2D eigenvalue weighted by Crippen LogP contribution is 2.12. The number of rotatable bonds is 33. The molecule has 0 heterocycles. The van der Waals surface area contributed by atoms with Crippen LogP contribution in [0.1, 0.15) is 181 Å². The maximum atomic E-state index is 12.0. The first-order chi connectivity index (χ1) is 21.6. The molecule has 44 heavy (non-hydrogen) atoms. The molecule has 0 saturated carbocycles. The zero-order valence-corrected chi connectivity index (χ0v) is 29.6. The van der Waals surface area contributed by atoms with Gasteiger partial charge in [-0.05, 0) is 70.6 Å². The first-order valence-corrected chi connectivity index (χ1v) is 18.9. The number of hydrogen-bond acceptors (Lipinski definition) is 4. The maximum absolute atomic E-state index is 12.0. The molecule has 0 saturated heterocycles. The highest BCUT2D eigenvalue weighted by atomic mass is 35.5. The Bertz CT molecular complexity index is 715. The van der Waals surface area contributed by atoms with E-state index in [9.17, 15) is 9.59 Å². The van der Waals surface area contributed by atoms with E-state index in [1.54, 1.807) is 0 Å². The molecule has 0 aromatic rings. The van der Waals surface area contributed by atoms with Gasteiger partial charge in [-0.3, -0.25) is 9.59 Å². The van der Waals surface area contributed by atoms with E-state index in [4.69, 9.17) is 21.1 Å². The van der Waals surface area contributed by atoms with E-state index >= 15 is 0 Å². The molecule has 0 aliphatic heterocycles. The highest BCUT2D eigenvalue weighted by Gasteiger charge is 2.12. The number of allylic oxidation sites excluding steroid dienone is 6. The van der Waals surface area contributed by atoms with Gasteiger partial charge in [0.05, 0.1) is 0 Å². The Morgan fingerprint density at radius 3 is 1.23 bits per heavy atom. The second kappa shape index (κ2) is 35.9. The van der Waals surface area contributed by atoms with Crippen LogP contribution in [0.15, 0.2) is 36.5 Å². The summed E-state index contributed by atoms with van der Waals surface area (Å²) in [7, 11) is 0. The number of ether oxygens (including phenoxy) is 2. The van der Waals surface area contributed by atoms with Crippen molar-refractivity contribution in [1.29, 1.82) is 0 Å². The zero-order valence-electron chi connectivity index (χ0n) is 28.9. The Morgan fingerprint density at radius 2 is 0.795 bits per heavy atom. The fraction of sp³-hybridized carbons (Fsp3) is 0.795. The van der Waals surface area contributed by atoms with Crippen LogP contribution in [0.2, 0.25) is 0 Å². The quantitative estimate of drug-likeness (QED) is 0.0311. The van der Waals surface area contributed by atoms with Crippen LogP contribution >= 0.6 is 11.6 Å². The summed E-state index contributed by atoms with van der Waals surface area (Å²) in [5, 5.41) is -0.499. The molecule has 0 N–H and O–H groups in total. The lowest BCUT2D eigenvalue weighted by Gasteiger charge is -2.11. The lowest BCUT2D eigenvalue weighted by atomic mass is 10.1. The second-order valence-electron chi connectivity index (χ2n) is 12.3. The third-order valence-corrected chi connectivity index (χ3v) is 8.08. The van der Waals surface area contributed by atoms with Crippen LogP contribution in [0.3, 0.4) is 0 Å². The summed E-state index contributed by atoms with van der Waals surface area (Å²) in [4.78, 5) is 24.0. The van der Waals surface area contributed by atoms with Crippen molar-refractivity contribution in [2.45, 2.75) is 186 Å². The van der Waals surface area contributed by atoms with Crippen LogP contribution < -0.4 is 0 Å². The molecule has 1 atom stereocenters. The molecule has 4 nitrogen and oxygen atoms in total. The summed E-state index contributed by atoms with van der Waals surface area (Å²) in [6, 6.07) is 0. The Balaban J connectivity index is 3.48. The lowest BCUT2D eigenvalue weighted by Crippen LogP contribution is -2.21. The lowest BCUT2D eigenvalue weighted by molar-refractivity contribution is -0.146. The summed E-state index contributed by atoms with van der Waals surface area (Å²) in [6.07, 6.45) is 43.4. The van der Waals surface area contributed by atoms with E-state index in [1.807, 2.05) is 0 Å². The molecule has 0 aromatic heterocycles. The summed E-state index contributed by atoms with van der Waals surface area (Å²) in [6.45, 7) is 4.67. The van der Waals surface area contributed by atoms with Gasteiger partial charge in [0, 0.05) is 12.8 Å². The van der Waals surface area contributed by atoms with Gasteiger partial charge in [0.15, 0.2) is 0 Å². The van der Waals surface area contributed by atoms with Gasteiger partial charge >= 0.3 is 11.9 Å². The monoisotopic (exact) mass is 636 g/mol. The largest absolute Gasteiger partial charge is 0.464 e. The van der Waals surface area contributed by atoms with Crippen molar-refractivity contribution in [3.8, 4) is 0 Å². The molecule has 0 rings (SSSR count). The Morgan fingerprint density at radius 1 is 0.477 bits per heavy atom. The fourth-order valence-electron chi connectivity index (χ4n) is 4.98. The van der Waals surface area contributed by atoms with Crippen LogP contribution in [0, 0.1) is 0 Å². The summed E-state index contributed by atoms with van der Waals surface area (Å²) >= 11 is 6.20. The average molecular weight is 637 g/mol. The number of alkyl halides is 1. The van der Waals surface area contributed by atoms with Crippen molar-refractivity contribution in [3.63, 3.8) is 0 Å². The van der Waals surface area contributed by atoms with E-state index in [0.29, 0.717) is 12.8 Å².